The second-order valence-electron chi connectivity index (χ2n) is 7.27. The van der Waals surface area contributed by atoms with Crippen LogP contribution in [0.4, 0.5) is 27.7 Å². The summed E-state index contributed by atoms with van der Waals surface area (Å²) in [6.07, 6.45) is 1.59. The molecule has 178 valence electrons. The third kappa shape index (κ3) is 5.33. The van der Waals surface area contributed by atoms with Gasteiger partial charge in [-0.3, -0.25) is 14.8 Å². The first kappa shape index (κ1) is 23.2. The number of rotatable bonds is 7. The summed E-state index contributed by atoms with van der Waals surface area (Å²) < 4.78 is 7.22. The second kappa shape index (κ2) is 10.3. The average Bonchev–Trinajstić information content (AvgIpc) is 3.30. The highest BCUT2D eigenvalue weighted by molar-refractivity contribution is 6.01. The molecule has 35 heavy (non-hydrogen) atoms. The third-order valence-corrected chi connectivity index (χ3v) is 4.84. The van der Waals surface area contributed by atoms with Crippen LogP contribution in [0.2, 0.25) is 0 Å². The fraction of sp³-hybridized carbons (Fsp3) is 0.130. The zero-order chi connectivity index (χ0) is 24.8. The van der Waals surface area contributed by atoms with Crippen molar-refractivity contribution in [2.45, 2.75) is 0 Å². The fourth-order valence-corrected chi connectivity index (χ4v) is 3.27. The Bertz CT molecular complexity index is 1360. The van der Waals surface area contributed by atoms with Gasteiger partial charge in [-0.05, 0) is 24.3 Å². The summed E-state index contributed by atoms with van der Waals surface area (Å²) in [7, 11) is 4.78. The summed E-state index contributed by atoms with van der Waals surface area (Å²) in [5.74, 6) is 0.624. The van der Waals surface area contributed by atoms with Crippen LogP contribution >= 0.6 is 0 Å². The Kier molecular flexibility index (Phi) is 6.81. The maximum absolute atomic E-state index is 12.4. The topological polar surface area (TPSA) is 148 Å². The van der Waals surface area contributed by atoms with Crippen molar-refractivity contribution in [2.24, 2.45) is 7.05 Å². The summed E-state index contributed by atoms with van der Waals surface area (Å²) in [6.45, 7) is 0. The highest BCUT2D eigenvalue weighted by atomic mass is 16.5. The monoisotopic (exact) mass is 473 g/mol. The molecule has 4 rings (SSSR count). The van der Waals surface area contributed by atoms with E-state index in [9.17, 15) is 9.59 Å². The Morgan fingerprint density at radius 2 is 1.77 bits per heavy atom. The second-order valence-corrected chi connectivity index (χ2v) is 7.27. The van der Waals surface area contributed by atoms with Gasteiger partial charge >= 0.3 is 6.03 Å². The van der Waals surface area contributed by atoms with Crippen LogP contribution in [0.3, 0.4) is 0 Å². The number of nitrogens with zero attached hydrogens (tertiary/aromatic N) is 5. The van der Waals surface area contributed by atoms with E-state index in [2.05, 4.69) is 41.5 Å². The standard InChI is InChI=1S/C23H23N9O3/c1-24-22(33)19-17(12-18(29-30-19)28-23(34)26-14-8-5-4-6-9-14)27-16-11-7-10-15(20(16)35-3)21-25-13-32(2)31-21/h4-13H,1-3H3,(H,24,33)(H3,26,27,28,29,34). The quantitative estimate of drug-likeness (QED) is 0.320. The molecule has 0 spiro atoms. The number of anilines is 4. The normalized spacial score (nSPS) is 10.4. The van der Waals surface area contributed by atoms with Crippen LogP contribution in [0.5, 0.6) is 5.75 Å². The summed E-state index contributed by atoms with van der Waals surface area (Å²) in [4.78, 5) is 29.1. The number of ether oxygens (including phenoxy) is 1. The molecule has 2 heterocycles. The van der Waals surface area contributed by atoms with E-state index in [-0.39, 0.29) is 11.5 Å². The summed E-state index contributed by atoms with van der Waals surface area (Å²) in [5.41, 5.74) is 2.14. The molecular formula is C23H23N9O3. The smallest absolute Gasteiger partial charge is 0.324 e. The number of aromatic nitrogens is 5. The van der Waals surface area contributed by atoms with Crippen molar-refractivity contribution in [3.63, 3.8) is 0 Å². The Labute approximate surface area is 200 Å². The Morgan fingerprint density at radius 3 is 2.46 bits per heavy atom. The molecule has 0 aliphatic rings. The number of benzene rings is 2. The molecule has 2 aromatic heterocycles. The van der Waals surface area contributed by atoms with Crippen LogP contribution in [0.25, 0.3) is 11.4 Å². The van der Waals surface area contributed by atoms with Crippen molar-refractivity contribution >= 4 is 34.8 Å². The van der Waals surface area contributed by atoms with E-state index in [1.54, 1.807) is 54.5 Å². The molecule has 0 saturated carbocycles. The average molecular weight is 473 g/mol. The lowest BCUT2D eigenvalue weighted by Crippen LogP contribution is -2.23. The van der Waals surface area contributed by atoms with Gasteiger partial charge in [0, 0.05) is 25.8 Å². The number of amides is 3. The zero-order valence-corrected chi connectivity index (χ0v) is 19.2. The Balaban J connectivity index is 1.65. The van der Waals surface area contributed by atoms with Gasteiger partial charge in [0.2, 0.25) is 0 Å². The Hall–Kier alpha value is -5.00. The number of urea groups is 1. The molecular weight excluding hydrogens is 450 g/mol. The third-order valence-electron chi connectivity index (χ3n) is 4.84. The van der Waals surface area contributed by atoms with Crippen molar-refractivity contribution in [3.05, 3.63) is 66.6 Å². The van der Waals surface area contributed by atoms with Crippen LogP contribution in [-0.2, 0) is 7.05 Å². The van der Waals surface area contributed by atoms with Crippen molar-refractivity contribution in [2.75, 3.05) is 30.1 Å². The van der Waals surface area contributed by atoms with E-state index in [0.717, 1.165) is 0 Å². The Morgan fingerprint density at radius 1 is 0.971 bits per heavy atom. The van der Waals surface area contributed by atoms with Gasteiger partial charge in [0.15, 0.2) is 23.1 Å². The molecule has 0 aliphatic heterocycles. The summed E-state index contributed by atoms with van der Waals surface area (Å²) in [5, 5.41) is 23.3. The molecule has 0 atom stereocenters. The molecule has 12 nitrogen and oxygen atoms in total. The van der Waals surface area contributed by atoms with Gasteiger partial charge in [-0.2, -0.15) is 5.10 Å². The molecule has 0 aliphatic carbocycles. The van der Waals surface area contributed by atoms with Gasteiger partial charge in [0.25, 0.3) is 5.91 Å². The highest BCUT2D eigenvalue weighted by Gasteiger charge is 2.19. The van der Waals surface area contributed by atoms with E-state index in [1.807, 2.05) is 12.1 Å². The minimum atomic E-state index is -0.509. The first-order chi connectivity index (χ1) is 17.0. The molecule has 0 unspecified atom stereocenters. The number of carbonyl (C=O) groups is 2. The molecule has 0 saturated heterocycles. The van der Waals surface area contributed by atoms with E-state index in [4.69, 9.17) is 4.74 Å². The van der Waals surface area contributed by atoms with Crippen LogP contribution in [0, 0.1) is 0 Å². The first-order valence-electron chi connectivity index (χ1n) is 10.5. The zero-order valence-electron chi connectivity index (χ0n) is 19.2. The molecule has 2 aromatic carbocycles. The van der Waals surface area contributed by atoms with Crippen LogP contribution in [0.15, 0.2) is 60.9 Å². The molecule has 3 amide bonds. The number of carbonyl (C=O) groups excluding carboxylic acids is 2. The van der Waals surface area contributed by atoms with Crippen LogP contribution in [0.1, 0.15) is 10.5 Å². The van der Waals surface area contributed by atoms with Gasteiger partial charge in [-0.1, -0.05) is 24.3 Å². The molecule has 0 fully saturated rings. The minimum absolute atomic E-state index is 0.0323. The van der Waals surface area contributed by atoms with Crippen molar-refractivity contribution in [1.82, 2.24) is 30.3 Å². The van der Waals surface area contributed by atoms with E-state index < -0.39 is 11.9 Å². The number of hydrogen-bond acceptors (Lipinski definition) is 8. The van der Waals surface area contributed by atoms with E-state index >= 15 is 0 Å². The number of nitrogens with one attached hydrogen (secondary N) is 4. The lowest BCUT2D eigenvalue weighted by Gasteiger charge is -2.16. The summed E-state index contributed by atoms with van der Waals surface area (Å²) in [6, 6.07) is 15.4. The van der Waals surface area contributed by atoms with Gasteiger partial charge in [-0.25, -0.2) is 9.78 Å². The molecule has 4 N–H and O–H groups in total. The largest absolute Gasteiger partial charge is 0.494 e. The lowest BCUT2D eigenvalue weighted by atomic mass is 10.1. The first-order valence-corrected chi connectivity index (χ1v) is 10.5. The summed E-state index contributed by atoms with van der Waals surface area (Å²) >= 11 is 0. The number of hydrogen-bond donors (Lipinski definition) is 4. The minimum Gasteiger partial charge on any atom is -0.494 e. The number of aryl methyl sites for hydroxylation is 1. The van der Waals surface area contributed by atoms with Crippen molar-refractivity contribution in [3.8, 4) is 17.1 Å². The number of para-hydroxylation sites is 2. The van der Waals surface area contributed by atoms with Crippen molar-refractivity contribution < 1.29 is 14.3 Å². The van der Waals surface area contributed by atoms with Crippen molar-refractivity contribution in [1.29, 1.82) is 0 Å². The van der Waals surface area contributed by atoms with Gasteiger partial charge in [0.05, 0.1) is 24.0 Å². The van der Waals surface area contributed by atoms with E-state index in [1.165, 1.54) is 20.2 Å². The lowest BCUT2D eigenvalue weighted by molar-refractivity contribution is 0.0958. The van der Waals surface area contributed by atoms with Gasteiger partial charge < -0.3 is 20.7 Å². The van der Waals surface area contributed by atoms with Crippen LogP contribution in [-0.4, -0.2) is 51.1 Å². The van der Waals surface area contributed by atoms with E-state index in [0.29, 0.717) is 34.2 Å². The van der Waals surface area contributed by atoms with Gasteiger partial charge in [0.1, 0.15) is 6.33 Å². The molecule has 0 bridgehead atoms. The molecule has 12 heteroatoms. The SMILES string of the molecule is CNC(=O)c1nnc(NC(=O)Nc2ccccc2)cc1Nc1cccc(-c2ncn(C)n2)c1OC. The highest BCUT2D eigenvalue weighted by Crippen LogP contribution is 2.37. The maximum Gasteiger partial charge on any atom is 0.324 e. The molecule has 4 aromatic rings. The number of methoxy groups -OCH3 is 1. The fourth-order valence-electron chi connectivity index (χ4n) is 3.27. The molecule has 0 radical (unpaired) electrons. The van der Waals surface area contributed by atoms with Gasteiger partial charge in [-0.15, -0.1) is 10.2 Å². The predicted molar refractivity (Wildman–Crippen MR) is 131 cm³/mol. The predicted octanol–water partition coefficient (Wildman–Crippen LogP) is 3.03. The maximum atomic E-state index is 12.4. The van der Waals surface area contributed by atoms with Crippen LogP contribution < -0.4 is 26.0 Å².